The van der Waals surface area contributed by atoms with Gasteiger partial charge in [-0.25, -0.2) is 0 Å². The van der Waals surface area contributed by atoms with Crippen LogP contribution in [0.2, 0.25) is 0 Å². The van der Waals surface area contributed by atoms with Crippen LogP contribution in [0.15, 0.2) is 12.7 Å². The van der Waals surface area contributed by atoms with Crippen molar-refractivity contribution in [2.45, 2.75) is 18.9 Å². The number of amides is 2. The Labute approximate surface area is 88.7 Å². The summed E-state index contributed by atoms with van der Waals surface area (Å²) in [4.78, 5) is 22.4. The van der Waals surface area contributed by atoms with Gasteiger partial charge >= 0.3 is 0 Å². The van der Waals surface area contributed by atoms with Gasteiger partial charge in [-0.1, -0.05) is 6.08 Å². The van der Waals surface area contributed by atoms with E-state index in [0.29, 0.717) is 13.0 Å². The van der Waals surface area contributed by atoms with Gasteiger partial charge in [-0.15, -0.1) is 6.58 Å². The number of carbonyl (C=O) groups excluding carboxylic acids is 2. The van der Waals surface area contributed by atoms with Gasteiger partial charge in [0.15, 0.2) is 0 Å². The van der Waals surface area contributed by atoms with E-state index in [0.717, 1.165) is 0 Å². The predicted molar refractivity (Wildman–Crippen MR) is 54.9 cm³/mol. The summed E-state index contributed by atoms with van der Waals surface area (Å²) in [5.41, 5.74) is 4.22. The van der Waals surface area contributed by atoms with Gasteiger partial charge in [-0.2, -0.15) is 0 Å². The van der Waals surface area contributed by atoms with Crippen molar-refractivity contribution in [3.8, 4) is 0 Å². The zero-order valence-electron chi connectivity index (χ0n) is 8.79. The van der Waals surface area contributed by atoms with E-state index in [4.69, 9.17) is 10.5 Å². The molecule has 0 radical (unpaired) electrons. The molecule has 84 valence electrons. The first kappa shape index (κ1) is 11.7. The van der Waals surface area contributed by atoms with Gasteiger partial charge in [0.05, 0.1) is 13.2 Å². The zero-order chi connectivity index (χ0) is 11.5. The van der Waals surface area contributed by atoms with E-state index in [1.54, 1.807) is 6.08 Å². The lowest BCUT2D eigenvalue weighted by Gasteiger charge is -2.37. The van der Waals surface area contributed by atoms with Gasteiger partial charge in [0.2, 0.25) is 11.8 Å². The summed E-state index contributed by atoms with van der Waals surface area (Å²) in [5.74, 6) is -0.815. The fraction of sp³-hybridized carbons (Fsp3) is 0.600. The second-order valence-electron chi connectivity index (χ2n) is 3.84. The fourth-order valence-corrected chi connectivity index (χ4v) is 1.76. The Morgan fingerprint density at radius 2 is 2.33 bits per heavy atom. The molecule has 5 heteroatoms. The van der Waals surface area contributed by atoms with Crippen LogP contribution in [-0.2, 0) is 14.3 Å². The van der Waals surface area contributed by atoms with Gasteiger partial charge in [-0.05, 0) is 6.42 Å². The molecule has 1 rings (SSSR count). The number of nitrogens with one attached hydrogen (secondary N) is 1. The average Bonchev–Trinajstić information content (AvgIpc) is 2.16. The second-order valence-corrected chi connectivity index (χ2v) is 3.84. The van der Waals surface area contributed by atoms with E-state index < -0.39 is 11.4 Å². The summed E-state index contributed by atoms with van der Waals surface area (Å²) in [6, 6.07) is 0. The third-order valence-corrected chi connectivity index (χ3v) is 2.51. The highest BCUT2D eigenvalue weighted by atomic mass is 16.5. The summed E-state index contributed by atoms with van der Waals surface area (Å²) in [6.45, 7) is 5.64. The summed E-state index contributed by atoms with van der Waals surface area (Å²) < 4.78 is 5.26. The van der Waals surface area contributed by atoms with Gasteiger partial charge in [0, 0.05) is 12.8 Å². The highest BCUT2D eigenvalue weighted by molar-refractivity contribution is 5.90. The van der Waals surface area contributed by atoms with Crippen molar-refractivity contribution in [3.05, 3.63) is 12.7 Å². The topological polar surface area (TPSA) is 81.4 Å². The maximum atomic E-state index is 11.4. The molecule has 2 unspecified atom stereocenters. The van der Waals surface area contributed by atoms with Crippen LogP contribution < -0.4 is 11.1 Å². The molecule has 15 heavy (non-hydrogen) atoms. The molecule has 3 N–H and O–H groups in total. The monoisotopic (exact) mass is 212 g/mol. The SMILES string of the molecule is C=CC1COCC(NC(C)=O)(C(N)=O)C1. The molecule has 1 aliphatic rings. The Morgan fingerprint density at radius 1 is 1.67 bits per heavy atom. The zero-order valence-corrected chi connectivity index (χ0v) is 8.79. The molecular formula is C10H16N2O3. The van der Waals surface area contributed by atoms with E-state index in [-0.39, 0.29) is 18.4 Å². The molecule has 5 nitrogen and oxygen atoms in total. The normalized spacial score (nSPS) is 30.6. The van der Waals surface area contributed by atoms with E-state index in [1.165, 1.54) is 6.92 Å². The molecule has 1 saturated heterocycles. The first-order chi connectivity index (χ1) is 7.00. The van der Waals surface area contributed by atoms with Crippen molar-refractivity contribution < 1.29 is 14.3 Å². The Bertz CT molecular complexity index is 290. The van der Waals surface area contributed by atoms with E-state index in [1.807, 2.05) is 0 Å². The Balaban J connectivity index is 2.84. The molecule has 1 aliphatic heterocycles. The van der Waals surface area contributed by atoms with Gasteiger partial charge < -0.3 is 15.8 Å². The third kappa shape index (κ3) is 2.56. The molecule has 0 aromatic carbocycles. The van der Waals surface area contributed by atoms with Crippen molar-refractivity contribution >= 4 is 11.8 Å². The Morgan fingerprint density at radius 3 is 2.80 bits per heavy atom. The highest BCUT2D eigenvalue weighted by Crippen LogP contribution is 2.24. The Hall–Kier alpha value is -1.36. The van der Waals surface area contributed by atoms with Gasteiger partial charge in [-0.3, -0.25) is 9.59 Å². The standard InChI is InChI=1S/C10H16N2O3/c1-3-8-4-10(9(11)14,6-15-5-8)12-7(2)13/h3,8H,1,4-6H2,2H3,(H2,11,14)(H,12,13). The minimum Gasteiger partial charge on any atom is -0.378 e. The molecule has 0 saturated carbocycles. The number of primary amides is 1. The van der Waals surface area contributed by atoms with Crippen LogP contribution in [0.4, 0.5) is 0 Å². The lowest BCUT2D eigenvalue weighted by Crippen LogP contribution is -2.62. The highest BCUT2D eigenvalue weighted by Gasteiger charge is 2.42. The number of nitrogens with two attached hydrogens (primary N) is 1. The third-order valence-electron chi connectivity index (χ3n) is 2.51. The molecule has 1 fully saturated rings. The summed E-state index contributed by atoms with van der Waals surface area (Å²) in [7, 11) is 0. The number of ether oxygens (including phenoxy) is 1. The fourth-order valence-electron chi connectivity index (χ4n) is 1.76. The van der Waals surface area contributed by atoms with Crippen LogP contribution >= 0.6 is 0 Å². The number of rotatable bonds is 3. The maximum Gasteiger partial charge on any atom is 0.245 e. The van der Waals surface area contributed by atoms with Crippen LogP contribution in [0.25, 0.3) is 0 Å². The predicted octanol–water partition coefficient (Wildman–Crippen LogP) is -0.431. The molecule has 0 aromatic heterocycles. The maximum absolute atomic E-state index is 11.4. The van der Waals surface area contributed by atoms with Crippen molar-refractivity contribution in [3.63, 3.8) is 0 Å². The molecule has 1 heterocycles. The van der Waals surface area contributed by atoms with Crippen LogP contribution in [0.1, 0.15) is 13.3 Å². The first-order valence-corrected chi connectivity index (χ1v) is 4.79. The van der Waals surface area contributed by atoms with E-state index in [2.05, 4.69) is 11.9 Å². The van der Waals surface area contributed by atoms with Crippen LogP contribution in [0, 0.1) is 5.92 Å². The minimum atomic E-state index is -1.08. The number of hydrogen-bond acceptors (Lipinski definition) is 3. The summed E-state index contributed by atoms with van der Waals surface area (Å²) >= 11 is 0. The van der Waals surface area contributed by atoms with Crippen molar-refractivity contribution in [2.75, 3.05) is 13.2 Å². The minimum absolute atomic E-state index is 0.0399. The number of hydrogen-bond donors (Lipinski definition) is 2. The quantitative estimate of drug-likeness (QED) is 0.623. The first-order valence-electron chi connectivity index (χ1n) is 4.79. The van der Waals surface area contributed by atoms with Crippen LogP contribution in [0.5, 0.6) is 0 Å². The van der Waals surface area contributed by atoms with E-state index in [9.17, 15) is 9.59 Å². The van der Waals surface area contributed by atoms with Crippen LogP contribution in [0.3, 0.4) is 0 Å². The molecule has 0 spiro atoms. The molecule has 0 aliphatic carbocycles. The largest absolute Gasteiger partial charge is 0.378 e. The molecule has 0 aromatic rings. The van der Waals surface area contributed by atoms with Crippen molar-refractivity contribution in [1.29, 1.82) is 0 Å². The molecule has 2 atom stereocenters. The molecule has 0 bridgehead atoms. The van der Waals surface area contributed by atoms with Gasteiger partial charge in [0.1, 0.15) is 5.54 Å². The van der Waals surface area contributed by atoms with Crippen LogP contribution in [-0.4, -0.2) is 30.6 Å². The summed E-state index contributed by atoms with van der Waals surface area (Å²) in [5, 5.41) is 2.57. The van der Waals surface area contributed by atoms with E-state index >= 15 is 0 Å². The second kappa shape index (κ2) is 4.44. The van der Waals surface area contributed by atoms with Crippen molar-refractivity contribution in [2.24, 2.45) is 11.7 Å². The average molecular weight is 212 g/mol. The molecular weight excluding hydrogens is 196 g/mol. The smallest absolute Gasteiger partial charge is 0.245 e. The number of carbonyl (C=O) groups is 2. The lowest BCUT2D eigenvalue weighted by molar-refractivity contribution is -0.137. The Kier molecular flexibility index (Phi) is 3.47. The molecule has 2 amide bonds. The summed E-state index contributed by atoms with van der Waals surface area (Å²) in [6.07, 6.45) is 2.16. The lowest BCUT2D eigenvalue weighted by atomic mass is 9.85. The van der Waals surface area contributed by atoms with Gasteiger partial charge in [0.25, 0.3) is 0 Å². The van der Waals surface area contributed by atoms with Crippen molar-refractivity contribution in [1.82, 2.24) is 5.32 Å².